The van der Waals surface area contributed by atoms with Crippen LogP contribution in [0, 0.1) is 12.7 Å². The lowest BCUT2D eigenvalue weighted by atomic mass is 10.2. The van der Waals surface area contributed by atoms with Crippen LogP contribution >= 0.6 is 0 Å². The van der Waals surface area contributed by atoms with Crippen LogP contribution in [0.25, 0.3) is 0 Å². The molecule has 6 nitrogen and oxygen atoms in total. The van der Waals surface area contributed by atoms with Crippen LogP contribution in [0.1, 0.15) is 34.7 Å². The van der Waals surface area contributed by atoms with Gasteiger partial charge in [-0.05, 0) is 67.6 Å². The normalized spacial score (nSPS) is 14.0. The molecule has 0 amide bonds. The van der Waals surface area contributed by atoms with Gasteiger partial charge in [-0.2, -0.15) is 9.40 Å². The molecule has 0 aliphatic heterocycles. The summed E-state index contributed by atoms with van der Waals surface area (Å²) >= 11 is 0. The first kappa shape index (κ1) is 18.9. The Morgan fingerprint density at radius 3 is 2.79 bits per heavy atom. The quantitative estimate of drug-likeness (QED) is 0.633. The van der Waals surface area contributed by atoms with Gasteiger partial charge in [0.2, 0.25) is 10.0 Å². The van der Waals surface area contributed by atoms with E-state index in [-0.39, 0.29) is 18.0 Å². The zero-order chi connectivity index (χ0) is 19.9. The summed E-state index contributed by atoms with van der Waals surface area (Å²) in [6.07, 6.45) is 4.43. The summed E-state index contributed by atoms with van der Waals surface area (Å²) < 4.78 is 49.0. The number of benzene rings is 1. The molecule has 2 heterocycles. The van der Waals surface area contributed by atoms with E-state index in [1.54, 1.807) is 19.1 Å². The predicted molar refractivity (Wildman–Crippen MR) is 102 cm³/mol. The first-order valence-electron chi connectivity index (χ1n) is 9.18. The fraction of sp³-hybridized carbons (Fsp3) is 0.350. The van der Waals surface area contributed by atoms with Gasteiger partial charge in [0.25, 0.3) is 0 Å². The molecule has 1 aliphatic carbocycles. The molecule has 0 spiro atoms. The van der Waals surface area contributed by atoms with Crippen LogP contribution < -0.4 is 0 Å². The molecule has 3 aromatic rings. The Morgan fingerprint density at radius 1 is 1.25 bits per heavy atom. The minimum atomic E-state index is -3.87. The summed E-state index contributed by atoms with van der Waals surface area (Å²) in [5.41, 5.74) is 3.45. The van der Waals surface area contributed by atoms with Gasteiger partial charge >= 0.3 is 0 Å². The van der Waals surface area contributed by atoms with Gasteiger partial charge in [0.1, 0.15) is 11.6 Å². The summed E-state index contributed by atoms with van der Waals surface area (Å²) in [6, 6.07) is 7.18. The molecule has 0 saturated carbocycles. The highest BCUT2D eigenvalue weighted by atomic mass is 32.2. The molecule has 0 unspecified atom stereocenters. The average molecular weight is 403 g/mol. The van der Waals surface area contributed by atoms with Crippen molar-refractivity contribution in [1.29, 1.82) is 0 Å². The second kappa shape index (κ2) is 7.18. The van der Waals surface area contributed by atoms with Crippen molar-refractivity contribution < 1.29 is 17.2 Å². The summed E-state index contributed by atoms with van der Waals surface area (Å²) in [5, 5.41) is 4.57. The molecule has 28 heavy (non-hydrogen) atoms. The average Bonchev–Trinajstić information content (AvgIpc) is 3.35. The van der Waals surface area contributed by atoms with Crippen LogP contribution in [0.2, 0.25) is 0 Å². The maximum absolute atomic E-state index is 13.5. The largest absolute Gasteiger partial charge is 0.468 e. The van der Waals surface area contributed by atoms with Crippen LogP contribution in [-0.2, 0) is 43.0 Å². The first-order chi connectivity index (χ1) is 13.4. The highest BCUT2D eigenvalue weighted by molar-refractivity contribution is 7.89. The van der Waals surface area contributed by atoms with Gasteiger partial charge in [-0.1, -0.05) is 0 Å². The summed E-state index contributed by atoms with van der Waals surface area (Å²) in [6.45, 7) is 1.82. The van der Waals surface area contributed by atoms with Crippen molar-refractivity contribution in [3.63, 3.8) is 0 Å². The van der Waals surface area contributed by atoms with Crippen molar-refractivity contribution in [2.75, 3.05) is 0 Å². The second-order valence-electron chi connectivity index (χ2n) is 7.11. The van der Waals surface area contributed by atoms with Gasteiger partial charge in [0.15, 0.2) is 0 Å². The van der Waals surface area contributed by atoms with Crippen molar-refractivity contribution in [1.82, 2.24) is 14.1 Å². The molecular formula is C20H22FN3O3S. The summed E-state index contributed by atoms with van der Waals surface area (Å²) in [7, 11) is -1.98. The molecule has 4 rings (SSSR count). The maximum Gasteiger partial charge on any atom is 0.244 e. The van der Waals surface area contributed by atoms with E-state index >= 15 is 0 Å². The fourth-order valence-corrected chi connectivity index (χ4v) is 5.41. The van der Waals surface area contributed by atoms with Gasteiger partial charge < -0.3 is 4.42 Å². The summed E-state index contributed by atoms with van der Waals surface area (Å²) in [4.78, 5) is 0.0908. The number of furan rings is 1. The van der Waals surface area contributed by atoms with Gasteiger partial charge in [0, 0.05) is 12.7 Å². The van der Waals surface area contributed by atoms with E-state index in [1.165, 1.54) is 34.5 Å². The topological polar surface area (TPSA) is 68.3 Å². The number of hydrogen-bond acceptors (Lipinski definition) is 4. The second-order valence-corrected chi connectivity index (χ2v) is 9.02. The smallest absolute Gasteiger partial charge is 0.244 e. The molecule has 148 valence electrons. The zero-order valence-corrected chi connectivity index (χ0v) is 16.7. The highest BCUT2D eigenvalue weighted by Crippen LogP contribution is 2.29. The number of rotatable bonds is 6. The predicted octanol–water partition coefficient (Wildman–Crippen LogP) is 3.34. The van der Waals surface area contributed by atoms with Gasteiger partial charge in [0.05, 0.1) is 29.9 Å². The Bertz CT molecular complexity index is 1100. The lowest BCUT2D eigenvalue weighted by Crippen LogP contribution is -2.31. The van der Waals surface area contributed by atoms with Crippen LogP contribution in [0.5, 0.6) is 0 Å². The lowest BCUT2D eigenvalue weighted by molar-refractivity contribution is 0.353. The molecule has 1 aromatic carbocycles. The third-order valence-electron chi connectivity index (χ3n) is 5.19. The highest BCUT2D eigenvalue weighted by Gasteiger charge is 2.30. The van der Waals surface area contributed by atoms with Crippen LogP contribution in [0.4, 0.5) is 4.39 Å². The molecule has 8 heteroatoms. The van der Waals surface area contributed by atoms with E-state index in [0.717, 1.165) is 30.5 Å². The van der Waals surface area contributed by atoms with E-state index in [0.29, 0.717) is 11.3 Å². The SMILES string of the molecule is Cc1cc(F)ccc1S(=O)(=O)N(Cc1ccco1)Cc1nn(C)c2c1CCC2. The van der Waals surface area contributed by atoms with Gasteiger partial charge in [-0.25, -0.2) is 12.8 Å². The minimum Gasteiger partial charge on any atom is -0.468 e. The van der Waals surface area contributed by atoms with E-state index in [4.69, 9.17) is 4.42 Å². The standard InChI is InChI=1S/C20H22FN3O3S/c1-14-11-15(21)8-9-20(14)28(25,26)24(12-16-5-4-10-27-16)13-18-17-6-3-7-19(17)23(2)22-18/h4-5,8-11H,3,6-7,12-13H2,1-2H3. The summed E-state index contributed by atoms with van der Waals surface area (Å²) in [5.74, 6) is 0.0764. The van der Waals surface area contributed by atoms with Crippen molar-refractivity contribution in [2.24, 2.45) is 7.05 Å². The fourth-order valence-electron chi connectivity index (χ4n) is 3.84. The molecule has 0 fully saturated rings. The van der Waals surface area contributed by atoms with Crippen molar-refractivity contribution in [3.8, 4) is 0 Å². The van der Waals surface area contributed by atoms with E-state index in [2.05, 4.69) is 5.10 Å². The first-order valence-corrected chi connectivity index (χ1v) is 10.6. The maximum atomic E-state index is 13.5. The molecule has 2 aromatic heterocycles. The zero-order valence-electron chi connectivity index (χ0n) is 15.9. The van der Waals surface area contributed by atoms with Crippen molar-refractivity contribution in [3.05, 3.63) is 70.7 Å². The Labute approximate surface area is 163 Å². The molecular weight excluding hydrogens is 381 g/mol. The van der Waals surface area contributed by atoms with E-state index in [9.17, 15) is 12.8 Å². The Hall–Kier alpha value is -2.45. The van der Waals surface area contributed by atoms with Crippen LogP contribution in [0.15, 0.2) is 45.9 Å². The van der Waals surface area contributed by atoms with Crippen molar-refractivity contribution >= 4 is 10.0 Å². The molecule has 0 atom stereocenters. The van der Waals surface area contributed by atoms with E-state index < -0.39 is 15.8 Å². The molecule has 0 saturated heterocycles. The molecule has 0 bridgehead atoms. The van der Waals surface area contributed by atoms with Gasteiger partial charge in [-0.15, -0.1) is 0 Å². The van der Waals surface area contributed by atoms with E-state index in [1.807, 2.05) is 11.7 Å². The number of sulfonamides is 1. The third-order valence-corrected chi connectivity index (χ3v) is 7.14. The minimum absolute atomic E-state index is 0.0809. The van der Waals surface area contributed by atoms with Gasteiger partial charge in [-0.3, -0.25) is 4.68 Å². The molecule has 0 N–H and O–H groups in total. The molecule has 0 radical (unpaired) electrons. The number of aromatic nitrogens is 2. The number of halogens is 1. The number of aryl methyl sites for hydroxylation is 2. The lowest BCUT2D eigenvalue weighted by Gasteiger charge is -2.22. The number of nitrogens with zero attached hydrogens (tertiary/aromatic N) is 3. The Balaban J connectivity index is 1.74. The number of hydrogen-bond donors (Lipinski definition) is 0. The third kappa shape index (κ3) is 3.38. The Kier molecular flexibility index (Phi) is 4.84. The monoisotopic (exact) mass is 403 g/mol. The van der Waals surface area contributed by atoms with Crippen LogP contribution in [0.3, 0.4) is 0 Å². The number of fused-ring (bicyclic) bond motifs is 1. The van der Waals surface area contributed by atoms with Crippen LogP contribution in [-0.4, -0.2) is 22.5 Å². The van der Waals surface area contributed by atoms with Crippen molar-refractivity contribution in [2.45, 2.75) is 44.2 Å². The molecule has 1 aliphatic rings. The Morgan fingerprint density at radius 2 is 2.07 bits per heavy atom.